The summed E-state index contributed by atoms with van der Waals surface area (Å²) in [5, 5.41) is 82.6. The molecule has 2 rings (SSSR count). The molecule has 169 valence electrons. The van der Waals surface area contributed by atoms with Gasteiger partial charge >= 0.3 is 0 Å². The second-order valence-electron chi connectivity index (χ2n) is 7.61. The smallest absolute Gasteiger partial charge is 0.217 e. The van der Waals surface area contributed by atoms with Crippen LogP contribution in [0.25, 0.3) is 0 Å². The molecule has 29 heavy (non-hydrogen) atoms. The largest absolute Gasteiger partial charge is 0.394 e. The summed E-state index contributed by atoms with van der Waals surface area (Å²) in [4.78, 5) is 11.4. The maximum atomic E-state index is 11.4. The Morgan fingerprint density at radius 1 is 1.21 bits per heavy atom. The summed E-state index contributed by atoms with van der Waals surface area (Å²) in [6, 6.07) is -1.22. The number of nitrogens with one attached hydrogen (secondary N) is 1. The van der Waals surface area contributed by atoms with Gasteiger partial charge in [0.05, 0.1) is 37.4 Å². The molecule has 2 aliphatic rings. The number of aliphatic hydroxyl groups is 8. The summed E-state index contributed by atoms with van der Waals surface area (Å²) in [6.45, 7) is 1.75. The van der Waals surface area contributed by atoms with Crippen molar-refractivity contribution in [2.45, 2.75) is 87.0 Å². The number of ether oxygens (including phenoxy) is 2. The summed E-state index contributed by atoms with van der Waals surface area (Å²) in [6.07, 6.45) is -12.8. The number of carbonyl (C=O) groups is 1. The predicted octanol–water partition coefficient (Wildman–Crippen LogP) is -4.88. The van der Waals surface area contributed by atoms with E-state index in [1.165, 1.54) is 6.92 Å². The molecule has 9 N–H and O–H groups in total. The first-order valence-electron chi connectivity index (χ1n) is 9.28. The first-order valence-corrected chi connectivity index (χ1v) is 9.28. The molecule has 0 aromatic heterocycles. The first-order chi connectivity index (χ1) is 13.4. The molecule has 2 saturated heterocycles. The maximum absolute atomic E-state index is 11.4. The third kappa shape index (κ3) is 5.41. The van der Waals surface area contributed by atoms with Crippen molar-refractivity contribution in [3.63, 3.8) is 0 Å². The molecule has 0 spiro atoms. The van der Waals surface area contributed by atoms with Crippen LogP contribution in [0.5, 0.6) is 0 Å². The van der Waals surface area contributed by atoms with E-state index in [0.29, 0.717) is 0 Å². The lowest BCUT2D eigenvalue weighted by atomic mass is 9.84. The number of aliphatic hydroxyl groups excluding tert-OH is 7. The highest BCUT2D eigenvalue weighted by Gasteiger charge is 2.53. The van der Waals surface area contributed by atoms with E-state index in [-0.39, 0.29) is 0 Å². The minimum Gasteiger partial charge on any atom is -0.394 e. The lowest BCUT2D eigenvalue weighted by Gasteiger charge is -2.48. The van der Waals surface area contributed by atoms with Crippen LogP contribution in [0.2, 0.25) is 0 Å². The summed E-state index contributed by atoms with van der Waals surface area (Å²) < 4.78 is 10.8. The Hall–Kier alpha value is -0.930. The zero-order valence-corrected chi connectivity index (χ0v) is 16.1. The summed E-state index contributed by atoms with van der Waals surface area (Å²) in [7, 11) is 0. The lowest BCUT2D eigenvalue weighted by Crippen LogP contribution is -2.67. The topological polar surface area (TPSA) is 209 Å². The number of amides is 1. The normalized spacial score (nSPS) is 45.4. The highest BCUT2D eigenvalue weighted by Crippen LogP contribution is 2.35. The molecule has 2 aliphatic heterocycles. The summed E-state index contributed by atoms with van der Waals surface area (Å²) in [5.74, 6) is -2.87. The second-order valence-corrected chi connectivity index (χ2v) is 7.61. The summed E-state index contributed by atoms with van der Waals surface area (Å²) in [5.41, 5.74) is 0. The van der Waals surface area contributed by atoms with Crippen molar-refractivity contribution < 1.29 is 55.1 Å². The average molecular weight is 424 g/mol. The first kappa shape index (κ1) is 24.3. The van der Waals surface area contributed by atoms with E-state index >= 15 is 0 Å². The van der Waals surface area contributed by atoms with Crippen molar-refractivity contribution in [2.75, 3.05) is 6.61 Å². The lowest BCUT2D eigenvalue weighted by molar-refractivity contribution is -0.298. The summed E-state index contributed by atoms with van der Waals surface area (Å²) >= 11 is 0. The van der Waals surface area contributed by atoms with Crippen LogP contribution in [-0.2, 0) is 14.3 Å². The van der Waals surface area contributed by atoms with Crippen LogP contribution in [0.15, 0.2) is 0 Å². The monoisotopic (exact) mass is 424 g/mol. The molecule has 12 heteroatoms. The van der Waals surface area contributed by atoms with Crippen molar-refractivity contribution in [1.82, 2.24) is 5.32 Å². The van der Waals surface area contributed by atoms with Gasteiger partial charge in [-0.15, -0.1) is 0 Å². The number of hydrogen-bond donors (Lipinski definition) is 9. The fourth-order valence-electron chi connectivity index (χ4n) is 3.61. The standard InChI is InChI=1S/C17H30NO11/c1-6-12(23)15(26)14(25)10(28-6)4-17(27)3-8(21)11(18-7(2)20)16(29-17)13(24)9(22)5-19/h4,6,8-16,19,21-27H,3,5H2,1-2H3,(H,18,20)/t6-,8+,9-,10?,11-,12+,13-,14+,15+,16-,17+/m1/s1. The molecule has 1 unspecified atom stereocenters. The second kappa shape index (κ2) is 9.47. The molecule has 2 fully saturated rings. The quantitative estimate of drug-likeness (QED) is 0.197. The van der Waals surface area contributed by atoms with Gasteiger partial charge in [0.25, 0.3) is 0 Å². The van der Waals surface area contributed by atoms with Crippen molar-refractivity contribution in [1.29, 1.82) is 0 Å². The average Bonchev–Trinajstić information content (AvgIpc) is 2.64. The molecule has 0 saturated carbocycles. The van der Waals surface area contributed by atoms with Crippen LogP contribution in [0, 0.1) is 6.42 Å². The van der Waals surface area contributed by atoms with Crippen molar-refractivity contribution in [3.8, 4) is 0 Å². The Balaban J connectivity index is 2.22. The molecule has 12 nitrogen and oxygen atoms in total. The molecule has 0 aliphatic carbocycles. The zero-order valence-electron chi connectivity index (χ0n) is 16.1. The van der Waals surface area contributed by atoms with Crippen LogP contribution in [0.3, 0.4) is 0 Å². The Kier molecular flexibility index (Phi) is 7.95. The van der Waals surface area contributed by atoms with Gasteiger partial charge in [0.1, 0.15) is 36.6 Å². The van der Waals surface area contributed by atoms with E-state index in [9.17, 15) is 40.5 Å². The van der Waals surface area contributed by atoms with E-state index in [1.807, 2.05) is 0 Å². The van der Waals surface area contributed by atoms with Crippen LogP contribution < -0.4 is 5.32 Å². The van der Waals surface area contributed by atoms with Crippen LogP contribution in [-0.4, -0.2) is 120 Å². The Morgan fingerprint density at radius 2 is 1.83 bits per heavy atom. The van der Waals surface area contributed by atoms with Gasteiger partial charge in [-0.1, -0.05) is 0 Å². The molecular weight excluding hydrogens is 394 g/mol. The Labute approximate surface area is 167 Å². The SMILES string of the molecule is CC(=O)N[C@H]1[C@H]([C@H](O)[C@H](O)CO)O[C@](O)([CH]C2O[C@H](C)[C@H](O)[C@H](O)[C@H]2O)C[C@@H]1O. The van der Waals surface area contributed by atoms with Crippen molar-refractivity contribution in [3.05, 3.63) is 6.42 Å². The maximum Gasteiger partial charge on any atom is 0.217 e. The minimum absolute atomic E-state index is 0.504. The van der Waals surface area contributed by atoms with Crippen molar-refractivity contribution in [2.24, 2.45) is 0 Å². The van der Waals surface area contributed by atoms with Crippen LogP contribution in [0.1, 0.15) is 20.3 Å². The van der Waals surface area contributed by atoms with E-state index in [0.717, 1.165) is 13.3 Å². The third-order valence-corrected chi connectivity index (χ3v) is 5.21. The van der Waals surface area contributed by atoms with Gasteiger partial charge < -0.3 is 55.6 Å². The number of carbonyl (C=O) groups excluding carboxylic acids is 1. The van der Waals surface area contributed by atoms with Gasteiger partial charge in [0.2, 0.25) is 5.91 Å². The predicted molar refractivity (Wildman–Crippen MR) is 93.8 cm³/mol. The third-order valence-electron chi connectivity index (χ3n) is 5.21. The zero-order chi connectivity index (χ0) is 22.1. The van der Waals surface area contributed by atoms with Gasteiger partial charge in [-0.2, -0.15) is 0 Å². The van der Waals surface area contributed by atoms with E-state index in [2.05, 4.69) is 5.32 Å². The van der Waals surface area contributed by atoms with Gasteiger partial charge in [-0.05, 0) is 6.92 Å². The fraction of sp³-hybridized carbons (Fsp3) is 0.882. The molecule has 0 bridgehead atoms. The van der Waals surface area contributed by atoms with E-state index in [4.69, 9.17) is 14.6 Å². The van der Waals surface area contributed by atoms with Gasteiger partial charge in [-0.3, -0.25) is 4.79 Å². The molecule has 1 radical (unpaired) electrons. The van der Waals surface area contributed by atoms with Gasteiger partial charge in [0, 0.05) is 13.3 Å². The minimum atomic E-state index is -2.30. The fourth-order valence-corrected chi connectivity index (χ4v) is 3.61. The molecule has 1 amide bonds. The van der Waals surface area contributed by atoms with Crippen LogP contribution in [0.4, 0.5) is 0 Å². The molecular formula is C17H30NO11. The van der Waals surface area contributed by atoms with E-state index < -0.39 is 85.7 Å². The van der Waals surface area contributed by atoms with E-state index in [1.54, 1.807) is 0 Å². The molecule has 2 heterocycles. The highest BCUT2D eigenvalue weighted by atomic mass is 16.6. The molecule has 0 aromatic rings. The number of rotatable bonds is 6. The van der Waals surface area contributed by atoms with Crippen LogP contribution >= 0.6 is 0 Å². The molecule has 11 atom stereocenters. The Morgan fingerprint density at radius 3 is 2.38 bits per heavy atom. The molecule has 0 aromatic carbocycles. The van der Waals surface area contributed by atoms with Crippen molar-refractivity contribution >= 4 is 5.91 Å². The van der Waals surface area contributed by atoms with Gasteiger partial charge in [0.15, 0.2) is 5.79 Å². The highest BCUT2D eigenvalue weighted by molar-refractivity contribution is 5.73. The van der Waals surface area contributed by atoms with Gasteiger partial charge in [-0.25, -0.2) is 0 Å². The number of hydrogen-bond acceptors (Lipinski definition) is 11. The Bertz CT molecular complexity index is 565.